The van der Waals surface area contributed by atoms with E-state index in [9.17, 15) is 13.2 Å². The van der Waals surface area contributed by atoms with E-state index < -0.39 is 15.9 Å². The zero-order valence-electron chi connectivity index (χ0n) is 15.2. The van der Waals surface area contributed by atoms with Crippen LogP contribution in [0.25, 0.3) is 10.2 Å². The molecule has 0 aliphatic rings. The maximum atomic E-state index is 12.5. The fraction of sp³-hybridized carbons (Fsp3) is 0.222. The van der Waals surface area contributed by atoms with Crippen LogP contribution in [0.3, 0.4) is 0 Å². The van der Waals surface area contributed by atoms with Crippen molar-refractivity contribution in [2.75, 3.05) is 14.1 Å². The molecule has 3 rings (SSSR count). The molecule has 0 saturated heterocycles. The molecule has 0 atom stereocenters. The molecule has 0 aliphatic carbocycles. The highest BCUT2D eigenvalue weighted by Gasteiger charge is 2.17. The lowest BCUT2D eigenvalue weighted by Gasteiger charge is -2.11. The van der Waals surface area contributed by atoms with E-state index in [1.165, 1.54) is 49.7 Å². The smallest absolute Gasteiger partial charge is 0.279 e. The summed E-state index contributed by atoms with van der Waals surface area (Å²) in [4.78, 5) is 17.4. The highest BCUT2D eigenvalue weighted by Crippen LogP contribution is 2.28. The highest BCUT2D eigenvalue weighted by molar-refractivity contribution is 7.89. The Balaban J connectivity index is 2.03. The van der Waals surface area contributed by atoms with Crippen molar-refractivity contribution in [3.05, 3.63) is 57.3 Å². The molecule has 0 radical (unpaired) electrons. The van der Waals surface area contributed by atoms with Crippen molar-refractivity contribution in [3.63, 3.8) is 0 Å². The van der Waals surface area contributed by atoms with Gasteiger partial charge in [0, 0.05) is 26.7 Å². The summed E-state index contributed by atoms with van der Waals surface area (Å²) in [5, 5.41) is 0.614. The fourth-order valence-electron chi connectivity index (χ4n) is 2.64. The van der Waals surface area contributed by atoms with Crippen LogP contribution in [0.2, 0.25) is 5.02 Å². The number of sulfonamides is 1. The summed E-state index contributed by atoms with van der Waals surface area (Å²) < 4.78 is 28.1. The molecule has 1 aromatic heterocycles. The summed E-state index contributed by atoms with van der Waals surface area (Å²) in [5.41, 5.74) is 2.29. The number of thiazole rings is 1. The molecule has 0 unspecified atom stereocenters. The normalized spacial score (nSPS) is 12.9. The zero-order valence-corrected chi connectivity index (χ0v) is 17.6. The summed E-state index contributed by atoms with van der Waals surface area (Å²) in [7, 11) is 1.21. The zero-order chi connectivity index (χ0) is 19.9. The van der Waals surface area contributed by atoms with Gasteiger partial charge in [-0.15, -0.1) is 0 Å². The largest absolute Gasteiger partial charge is 0.319 e. The van der Waals surface area contributed by atoms with Gasteiger partial charge in [-0.05, 0) is 42.8 Å². The van der Waals surface area contributed by atoms with E-state index in [1.54, 1.807) is 0 Å². The van der Waals surface area contributed by atoms with Gasteiger partial charge in [0.1, 0.15) is 0 Å². The molecule has 0 fully saturated rings. The predicted molar refractivity (Wildman–Crippen MR) is 108 cm³/mol. The molecule has 0 N–H and O–H groups in total. The van der Waals surface area contributed by atoms with Crippen LogP contribution in [-0.4, -0.2) is 37.3 Å². The molecule has 9 heteroatoms. The second-order valence-electron chi connectivity index (χ2n) is 6.21. The lowest BCUT2D eigenvalue weighted by molar-refractivity contribution is 0.0998. The summed E-state index contributed by atoms with van der Waals surface area (Å²) in [6.07, 6.45) is 0. The van der Waals surface area contributed by atoms with Gasteiger partial charge in [0.25, 0.3) is 5.91 Å². The minimum Gasteiger partial charge on any atom is -0.319 e. The third kappa shape index (κ3) is 3.58. The topological polar surface area (TPSA) is 71.7 Å². The Morgan fingerprint density at radius 2 is 1.78 bits per heavy atom. The van der Waals surface area contributed by atoms with Gasteiger partial charge in [-0.1, -0.05) is 29.0 Å². The Bertz CT molecular complexity index is 1210. The van der Waals surface area contributed by atoms with Gasteiger partial charge in [-0.2, -0.15) is 4.99 Å². The number of hydrogen-bond donors (Lipinski definition) is 0. The molecule has 142 valence electrons. The average Bonchev–Trinajstić information content (AvgIpc) is 2.96. The highest BCUT2D eigenvalue weighted by atomic mass is 35.5. The van der Waals surface area contributed by atoms with Crippen LogP contribution in [-0.2, 0) is 17.1 Å². The van der Waals surface area contributed by atoms with E-state index in [0.717, 1.165) is 20.1 Å². The Kier molecular flexibility index (Phi) is 5.27. The minimum atomic E-state index is -3.54. The van der Waals surface area contributed by atoms with Gasteiger partial charge in [0.05, 0.1) is 20.1 Å². The predicted octanol–water partition coefficient (Wildman–Crippen LogP) is 3.19. The number of carbonyl (C=O) groups is 1. The number of hydrogen-bond acceptors (Lipinski definition) is 4. The van der Waals surface area contributed by atoms with Crippen LogP contribution in [0, 0.1) is 6.92 Å². The van der Waals surface area contributed by atoms with Gasteiger partial charge in [0.2, 0.25) is 10.0 Å². The number of carbonyl (C=O) groups excluding carboxylic acids is 1. The maximum Gasteiger partial charge on any atom is 0.279 e. The molecule has 0 bridgehead atoms. The molecular weight excluding hydrogens is 406 g/mol. The lowest BCUT2D eigenvalue weighted by Crippen LogP contribution is -2.22. The first-order chi connectivity index (χ1) is 12.6. The number of halogens is 1. The van der Waals surface area contributed by atoms with Gasteiger partial charge >= 0.3 is 0 Å². The average molecular weight is 424 g/mol. The molecule has 3 aromatic rings. The van der Waals surface area contributed by atoms with Crippen molar-refractivity contribution >= 4 is 49.1 Å². The van der Waals surface area contributed by atoms with Gasteiger partial charge in [-0.25, -0.2) is 12.7 Å². The summed E-state index contributed by atoms with van der Waals surface area (Å²) >= 11 is 7.60. The van der Waals surface area contributed by atoms with E-state index in [2.05, 4.69) is 4.99 Å². The molecule has 0 aliphatic heterocycles. The molecular formula is C18H18ClN3O3S2. The number of aryl methyl sites for hydroxylation is 2. The number of benzene rings is 2. The maximum absolute atomic E-state index is 12.5. The molecule has 2 aromatic carbocycles. The van der Waals surface area contributed by atoms with E-state index in [1.807, 2.05) is 30.7 Å². The molecule has 0 saturated carbocycles. The third-order valence-corrected chi connectivity index (χ3v) is 7.60. The first-order valence-electron chi connectivity index (χ1n) is 7.99. The van der Waals surface area contributed by atoms with Crippen molar-refractivity contribution in [2.45, 2.75) is 11.8 Å². The second-order valence-corrected chi connectivity index (χ2v) is 9.75. The van der Waals surface area contributed by atoms with Crippen LogP contribution >= 0.6 is 22.9 Å². The van der Waals surface area contributed by atoms with E-state index >= 15 is 0 Å². The quantitative estimate of drug-likeness (QED) is 0.649. The summed E-state index contributed by atoms with van der Waals surface area (Å²) in [6, 6.07) is 9.49. The molecule has 27 heavy (non-hydrogen) atoms. The molecule has 0 spiro atoms. The van der Waals surface area contributed by atoms with Crippen molar-refractivity contribution in [2.24, 2.45) is 12.0 Å². The van der Waals surface area contributed by atoms with E-state index in [-0.39, 0.29) is 4.90 Å². The van der Waals surface area contributed by atoms with Crippen LogP contribution < -0.4 is 4.80 Å². The number of rotatable bonds is 3. The fourth-order valence-corrected chi connectivity index (χ4v) is 4.91. The SMILES string of the molecule is Cc1ccc(Cl)c2sc(=NC(=O)c3ccc(S(=O)(=O)N(C)C)cc3)n(C)c12. The monoisotopic (exact) mass is 423 g/mol. The number of nitrogens with zero attached hydrogens (tertiary/aromatic N) is 3. The third-order valence-electron chi connectivity index (χ3n) is 4.18. The van der Waals surface area contributed by atoms with Gasteiger partial charge < -0.3 is 4.57 Å². The molecule has 6 nitrogen and oxygen atoms in total. The number of amides is 1. The van der Waals surface area contributed by atoms with Crippen molar-refractivity contribution in [3.8, 4) is 0 Å². The minimum absolute atomic E-state index is 0.124. The Morgan fingerprint density at radius 1 is 1.15 bits per heavy atom. The van der Waals surface area contributed by atoms with Crippen molar-refractivity contribution in [1.29, 1.82) is 0 Å². The second kappa shape index (κ2) is 7.20. The van der Waals surface area contributed by atoms with E-state index in [0.29, 0.717) is 15.4 Å². The van der Waals surface area contributed by atoms with Crippen LogP contribution in [0.4, 0.5) is 0 Å². The molecule has 1 heterocycles. The first kappa shape index (κ1) is 19.8. The Morgan fingerprint density at radius 3 is 2.33 bits per heavy atom. The van der Waals surface area contributed by atoms with E-state index in [4.69, 9.17) is 11.6 Å². The Labute approximate surface area is 166 Å². The first-order valence-corrected chi connectivity index (χ1v) is 10.6. The summed E-state index contributed by atoms with van der Waals surface area (Å²) in [6.45, 7) is 1.97. The Hall–Kier alpha value is -2.00. The van der Waals surface area contributed by atoms with Crippen LogP contribution in [0.15, 0.2) is 46.3 Å². The lowest BCUT2D eigenvalue weighted by atomic mass is 10.2. The van der Waals surface area contributed by atoms with Crippen LogP contribution in [0.1, 0.15) is 15.9 Å². The van der Waals surface area contributed by atoms with Gasteiger partial charge in [-0.3, -0.25) is 4.79 Å². The molecule has 1 amide bonds. The van der Waals surface area contributed by atoms with Crippen molar-refractivity contribution < 1.29 is 13.2 Å². The van der Waals surface area contributed by atoms with Crippen molar-refractivity contribution in [1.82, 2.24) is 8.87 Å². The van der Waals surface area contributed by atoms with Gasteiger partial charge in [0.15, 0.2) is 4.80 Å². The number of fused-ring (bicyclic) bond motifs is 1. The number of aromatic nitrogens is 1. The summed E-state index contributed by atoms with van der Waals surface area (Å²) in [5.74, 6) is -0.445. The van der Waals surface area contributed by atoms with Crippen LogP contribution in [0.5, 0.6) is 0 Å². The standard InChI is InChI=1S/C18H18ClN3O3S2/c1-11-5-10-14(19)16-15(11)22(4)18(26-16)20-17(23)12-6-8-13(9-7-12)27(24,25)21(2)3/h5-10H,1-4H3.